The molecule has 1 aliphatic rings. The van der Waals surface area contributed by atoms with Crippen molar-refractivity contribution >= 4 is 41.1 Å². The van der Waals surface area contributed by atoms with Crippen molar-refractivity contribution in [1.82, 2.24) is 14.9 Å². The molecule has 2 aromatic rings. The fourth-order valence-corrected chi connectivity index (χ4v) is 4.43. The number of carbonyl (C=O) groups is 2. The summed E-state index contributed by atoms with van der Waals surface area (Å²) in [4.78, 5) is 34.2. The minimum absolute atomic E-state index is 0.158. The maximum absolute atomic E-state index is 11.6. The molecule has 8 nitrogen and oxygen atoms in total. The number of anilines is 1. The summed E-state index contributed by atoms with van der Waals surface area (Å²) in [5, 5.41) is 13.8. The Labute approximate surface area is 196 Å². The molecule has 3 rings (SSSR count). The van der Waals surface area contributed by atoms with Gasteiger partial charge in [-0.25, -0.2) is 14.8 Å². The molecule has 0 bridgehead atoms. The number of nitrogens with one attached hydrogen (secondary N) is 1. The van der Waals surface area contributed by atoms with E-state index in [0.717, 1.165) is 11.3 Å². The lowest BCUT2D eigenvalue weighted by Crippen LogP contribution is -2.40. The van der Waals surface area contributed by atoms with Crippen LogP contribution in [0.2, 0.25) is 10.0 Å². The second-order valence-corrected chi connectivity index (χ2v) is 8.49. The standard InChI is InChI=1S/C22H26Cl2N4O4/c1-5-16-19(14-8-7-13(23)9-15(14)24)25-17(6-2)21(26-16)27-18-10-28(22(30)31)11(3)20(18)32-12(4)29/h7-9,11,18,20H,5-6,10H2,1-4H3,(H,26,27)(H,30,31)/t11?,18-,20-/m1/s1. The van der Waals surface area contributed by atoms with Crippen LogP contribution in [-0.2, 0) is 22.4 Å². The van der Waals surface area contributed by atoms with E-state index in [2.05, 4.69) is 5.32 Å². The number of hydrogen-bond donors (Lipinski definition) is 2. The maximum Gasteiger partial charge on any atom is 0.407 e. The number of amides is 1. The number of benzene rings is 1. The fraction of sp³-hybridized carbons (Fsp3) is 0.455. The first-order valence-electron chi connectivity index (χ1n) is 10.4. The molecule has 1 amide bonds. The lowest BCUT2D eigenvalue weighted by Gasteiger charge is -2.24. The van der Waals surface area contributed by atoms with Crippen molar-refractivity contribution < 1.29 is 19.4 Å². The first-order valence-corrected chi connectivity index (χ1v) is 11.2. The van der Waals surface area contributed by atoms with Gasteiger partial charge in [-0.1, -0.05) is 37.0 Å². The van der Waals surface area contributed by atoms with E-state index in [1.165, 1.54) is 11.8 Å². The molecule has 2 N–H and O–H groups in total. The number of esters is 1. The van der Waals surface area contributed by atoms with Crippen molar-refractivity contribution in [3.8, 4) is 11.3 Å². The van der Waals surface area contributed by atoms with Crippen LogP contribution in [0.3, 0.4) is 0 Å². The molecule has 32 heavy (non-hydrogen) atoms. The summed E-state index contributed by atoms with van der Waals surface area (Å²) in [5.41, 5.74) is 2.86. The highest BCUT2D eigenvalue weighted by molar-refractivity contribution is 6.36. The number of aromatic nitrogens is 2. The van der Waals surface area contributed by atoms with Gasteiger partial charge in [-0.2, -0.15) is 0 Å². The van der Waals surface area contributed by atoms with Gasteiger partial charge in [0.05, 0.1) is 34.2 Å². The molecule has 2 heterocycles. The van der Waals surface area contributed by atoms with Crippen molar-refractivity contribution in [3.63, 3.8) is 0 Å². The van der Waals surface area contributed by atoms with Gasteiger partial charge in [0.2, 0.25) is 0 Å². The molecular weight excluding hydrogens is 455 g/mol. The minimum atomic E-state index is -1.07. The lowest BCUT2D eigenvalue weighted by molar-refractivity contribution is -0.147. The Hall–Kier alpha value is -2.58. The molecule has 1 fully saturated rings. The Kier molecular flexibility index (Phi) is 7.46. The van der Waals surface area contributed by atoms with E-state index < -0.39 is 30.3 Å². The van der Waals surface area contributed by atoms with Crippen LogP contribution < -0.4 is 5.32 Å². The second-order valence-electron chi connectivity index (χ2n) is 7.65. The van der Waals surface area contributed by atoms with Crippen LogP contribution in [0, 0.1) is 0 Å². The van der Waals surface area contributed by atoms with Gasteiger partial charge in [0.25, 0.3) is 0 Å². The van der Waals surface area contributed by atoms with E-state index in [-0.39, 0.29) is 6.54 Å². The van der Waals surface area contributed by atoms with E-state index in [9.17, 15) is 14.7 Å². The average molecular weight is 481 g/mol. The summed E-state index contributed by atoms with van der Waals surface area (Å²) < 4.78 is 5.45. The van der Waals surface area contributed by atoms with Gasteiger partial charge in [-0.05, 0) is 38.0 Å². The Morgan fingerprint density at radius 1 is 1.22 bits per heavy atom. The Balaban J connectivity index is 2.00. The van der Waals surface area contributed by atoms with Gasteiger partial charge in [0.15, 0.2) is 0 Å². The van der Waals surface area contributed by atoms with Crippen LogP contribution in [0.15, 0.2) is 18.2 Å². The number of aryl methyl sites for hydroxylation is 2. The number of rotatable bonds is 6. The van der Waals surface area contributed by atoms with Crippen molar-refractivity contribution in [3.05, 3.63) is 39.6 Å². The average Bonchev–Trinajstić information content (AvgIpc) is 3.03. The summed E-state index contributed by atoms with van der Waals surface area (Å²) in [6, 6.07) is 4.29. The Morgan fingerprint density at radius 2 is 1.91 bits per heavy atom. The lowest BCUT2D eigenvalue weighted by atomic mass is 10.1. The summed E-state index contributed by atoms with van der Waals surface area (Å²) in [6.07, 6.45) is -0.524. The number of likely N-dealkylation sites (tertiary alicyclic amines) is 1. The van der Waals surface area contributed by atoms with Crippen LogP contribution >= 0.6 is 23.2 Å². The largest absolute Gasteiger partial charge is 0.465 e. The minimum Gasteiger partial charge on any atom is -0.465 e. The maximum atomic E-state index is 11.6. The van der Waals surface area contributed by atoms with Crippen LogP contribution in [0.4, 0.5) is 10.6 Å². The molecule has 0 aliphatic carbocycles. The van der Waals surface area contributed by atoms with Crippen LogP contribution in [0.5, 0.6) is 0 Å². The summed E-state index contributed by atoms with van der Waals surface area (Å²) in [6.45, 7) is 7.12. The zero-order valence-corrected chi connectivity index (χ0v) is 19.9. The van der Waals surface area contributed by atoms with Crippen LogP contribution in [0.1, 0.15) is 39.1 Å². The number of halogens is 2. The molecule has 0 radical (unpaired) electrons. The third-order valence-electron chi connectivity index (χ3n) is 5.52. The van der Waals surface area contributed by atoms with Gasteiger partial charge < -0.3 is 15.2 Å². The van der Waals surface area contributed by atoms with Gasteiger partial charge in [-0.3, -0.25) is 9.69 Å². The van der Waals surface area contributed by atoms with Crippen LogP contribution in [-0.4, -0.2) is 56.8 Å². The van der Waals surface area contributed by atoms with Crippen molar-refractivity contribution in [2.24, 2.45) is 0 Å². The number of carbonyl (C=O) groups excluding carboxylic acids is 1. The molecule has 172 valence electrons. The fourth-order valence-electron chi connectivity index (χ4n) is 3.93. The molecule has 1 aliphatic heterocycles. The van der Waals surface area contributed by atoms with Crippen molar-refractivity contribution in [2.45, 2.75) is 58.7 Å². The molecule has 0 spiro atoms. The highest BCUT2D eigenvalue weighted by Gasteiger charge is 2.44. The number of nitrogens with zero attached hydrogens (tertiary/aromatic N) is 3. The topological polar surface area (TPSA) is 105 Å². The number of hydrogen-bond acceptors (Lipinski definition) is 6. The normalized spacial score (nSPS) is 20.3. The Bertz CT molecular complexity index is 1030. The molecule has 1 unspecified atom stereocenters. The summed E-state index contributed by atoms with van der Waals surface area (Å²) in [7, 11) is 0. The second kappa shape index (κ2) is 9.92. The van der Waals surface area contributed by atoms with Gasteiger partial charge in [0, 0.05) is 24.1 Å². The first kappa shape index (κ1) is 24.1. The highest BCUT2D eigenvalue weighted by atomic mass is 35.5. The van der Waals surface area contributed by atoms with Gasteiger partial charge in [0.1, 0.15) is 11.9 Å². The molecular formula is C22H26Cl2N4O4. The summed E-state index contributed by atoms with van der Waals surface area (Å²) in [5.74, 6) is 0.0736. The van der Waals surface area contributed by atoms with Gasteiger partial charge in [-0.15, -0.1) is 0 Å². The van der Waals surface area contributed by atoms with Crippen molar-refractivity contribution in [1.29, 1.82) is 0 Å². The molecule has 10 heteroatoms. The molecule has 3 atom stereocenters. The SMILES string of the molecule is CCc1nc(-c2ccc(Cl)cc2Cl)c(CC)nc1N[C@@H]1CN(C(=O)O)C(C)[C@H]1OC(C)=O. The molecule has 0 saturated carbocycles. The molecule has 1 saturated heterocycles. The number of carboxylic acid groups (broad SMARTS) is 1. The Morgan fingerprint density at radius 3 is 2.47 bits per heavy atom. The third-order valence-corrected chi connectivity index (χ3v) is 6.07. The van der Waals surface area contributed by atoms with E-state index in [1.807, 2.05) is 19.9 Å². The monoisotopic (exact) mass is 480 g/mol. The summed E-state index contributed by atoms with van der Waals surface area (Å²) >= 11 is 12.5. The third kappa shape index (κ3) is 4.91. The van der Waals surface area contributed by atoms with Crippen LogP contribution in [0.25, 0.3) is 11.3 Å². The predicted octanol–water partition coefficient (Wildman–Crippen LogP) is 4.67. The quantitative estimate of drug-likeness (QED) is 0.578. The zero-order valence-electron chi connectivity index (χ0n) is 18.4. The first-order chi connectivity index (χ1) is 15.2. The van der Waals surface area contributed by atoms with E-state index >= 15 is 0 Å². The number of ether oxygens (including phenoxy) is 1. The predicted molar refractivity (Wildman–Crippen MR) is 123 cm³/mol. The van der Waals surface area contributed by atoms with E-state index in [1.54, 1.807) is 19.1 Å². The molecule has 1 aromatic carbocycles. The van der Waals surface area contributed by atoms with E-state index in [4.69, 9.17) is 37.9 Å². The molecule has 1 aromatic heterocycles. The van der Waals surface area contributed by atoms with Gasteiger partial charge >= 0.3 is 12.1 Å². The van der Waals surface area contributed by atoms with Crippen molar-refractivity contribution in [2.75, 3.05) is 11.9 Å². The zero-order chi connectivity index (χ0) is 23.6. The highest BCUT2D eigenvalue weighted by Crippen LogP contribution is 2.33. The van der Waals surface area contributed by atoms with E-state index in [0.29, 0.717) is 40.1 Å². The smallest absolute Gasteiger partial charge is 0.407 e.